The summed E-state index contributed by atoms with van der Waals surface area (Å²) < 4.78 is 24.5. The summed E-state index contributed by atoms with van der Waals surface area (Å²) in [7, 11) is 0. The number of hydrogen-bond donors (Lipinski definition) is 2. The molecule has 0 radical (unpaired) electrons. The van der Waals surface area contributed by atoms with Crippen LogP contribution in [-0.4, -0.2) is 29.7 Å². The third kappa shape index (κ3) is 4.55. The minimum Gasteiger partial charge on any atom is -0.388 e. The van der Waals surface area contributed by atoms with Gasteiger partial charge in [0, 0.05) is 19.5 Å². The van der Waals surface area contributed by atoms with Crippen LogP contribution in [0.4, 0.5) is 8.78 Å². The van der Waals surface area contributed by atoms with Crippen molar-refractivity contribution in [3.05, 3.63) is 11.6 Å². The standard InChI is InChI=1S/C8H12ClF2NO/c9-8(10,11)2-1-6-3-7(13)5-12-4-6/h3,7,12-13H,1-2,4-5H2. The highest BCUT2D eigenvalue weighted by molar-refractivity contribution is 6.21. The third-order valence-corrected chi connectivity index (χ3v) is 2.05. The Hall–Kier alpha value is -0.190. The van der Waals surface area contributed by atoms with E-state index < -0.39 is 11.5 Å². The summed E-state index contributed by atoms with van der Waals surface area (Å²) in [6, 6.07) is 0. The SMILES string of the molecule is OC1C=C(CCC(F)(F)Cl)CNC1. The molecular weight excluding hydrogens is 200 g/mol. The van der Waals surface area contributed by atoms with Crippen molar-refractivity contribution in [1.29, 1.82) is 0 Å². The third-order valence-electron chi connectivity index (χ3n) is 1.86. The normalized spacial score (nSPS) is 24.3. The van der Waals surface area contributed by atoms with Crippen molar-refractivity contribution < 1.29 is 13.9 Å². The second-order valence-electron chi connectivity index (χ2n) is 3.14. The van der Waals surface area contributed by atoms with Crippen LogP contribution < -0.4 is 5.32 Å². The number of alkyl halides is 3. The van der Waals surface area contributed by atoms with E-state index in [1.165, 1.54) is 0 Å². The first kappa shape index (κ1) is 10.9. The average molecular weight is 212 g/mol. The van der Waals surface area contributed by atoms with Gasteiger partial charge in [0.25, 0.3) is 0 Å². The molecule has 0 aromatic heterocycles. The number of rotatable bonds is 3. The van der Waals surface area contributed by atoms with E-state index in [1.54, 1.807) is 6.08 Å². The fourth-order valence-electron chi connectivity index (χ4n) is 1.24. The van der Waals surface area contributed by atoms with Crippen molar-refractivity contribution in [3.8, 4) is 0 Å². The Morgan fingerprint density at radius 3 is 2.92 bits per heavy atom. The van der Waals surface area contributed by atoms with E-state index in [-0.39, 0.29) is 12.8 Å². The molecule has 0 saturated carbocycles. The van der Waals surface area contributed by atoms with E-state index in [0.29, 0.717) is 13.1 Å². The molecule has 0 amide bonds. The second kappa shape index (κ2) is 4.35. The zero-order valence-electron chi connectivity index (χ0n) is 7.06. The fourth-order valence-corrected chi connectivity index (χ4v) is 1.34. The number of nitrogens with one attached hydrogen (secondary N) is 1. The van der Waals surface area contributed by atoms with Gasteiger partial charge < -0.3 is 10.4 Å². The van der Waals surface area contributed by atoms with Crippen molar-refractivity contribution in [1.82, 2.24) is 5.32 Å². The van der Waals surface area contributed by atoms with Crippen LogP contribution in [0.15, 0.2) is 11.6 Å². The smallest absolute Gasteiger partial charge is 0.321 e. The zero-order valence-corrected chi connectivity index (χ0v) is 7.82. The van der Waals surface area contributed by atoms with Gasteiger partial charge in [0.1, 0.15) is 0 Å². The summed E-state index contributed by atoms with van der Waals surface area (Å²) in [6.45, 7) is 1.05. The van der Waals surface area contributed by atoms with Crippen molar-refractivity contribution in [3.63, 3.8) is 0 Å². The van der Waals surface area contributed by atoms with Gasteiger partial charge in [-0.05, 0) is 18.0 Å². The van der Waals surface area contributed by atoms with Gasteiger partial charge in [-0.25, -0.2) is 0 Å². The largest absolute Gasteiger partial charge is 0.388 e. The van der Waals surface area contributed by atoms with E-state index in [1.807, 2.05) is 0 Å². The number of aliphatic hydroxyl groups is 1. The molecule has 1 aliphatic heterocycles. The van der Waals surface area contributed by atoms with E-state index in [4.69, 9.17) is 16.7 Å². The lowest BCUT2D eigenvalue weighted by Crippen LogP contribution is -2.32. The Morgan fingerprint density at radius 1 is 1.69 bits per heavy atom. The average Bonchev–Trinajstić information content (AvgIpc) is 2.00. The Balaban J connectivity index is 2.36. The summed E-state index contributed by atoms with van der Waals surface area (Å²) in [5.41, 5.74) is 0.791. The van der Waals surface area contributed by atoms with E-state index >= 15 is 0 Å². The molecule has 0 aromatic rings. The number of aliphatic hydroxyl groups excluding tert-OH is 1. The maximum Gasteiger partial charge on any atom is 0.321 e. The highest BCUT2D eigenvalue weighted by atomic mass is 35.5. The summed E-state index contributed by atoms with van der Waals surface area (Å²) in [5, 5.41) is 8.93. The highest BCUT2D eigenvalue weighted by Crippen LogP contribution is 2.27. The molecular formula is C8H12ClF2NO. The lowest BCUT2D eigenvalue weighted by molar-refractivity contribution is 0.0859. The molecule has 1 heterocycles. The Kier molecular flexibility index (Phi) is 3.64. The van der Waals surface area contributed by atoms with Gasteiger partial charge in [-0.3, -0.25) is 0 Å². The van der Waals surface area contributed by atoms with Gasteiger partial charge in [-0.15, -0.1) is 0 Å². The molecule has 0 spiro atoms. The Labute approximate surface area is 80.6 Å². The molecule has 0 saturated heterocycles. The van der Waals surface area contributed by atoms with E-state index in [9.17, 15) is 8.78 Å². The van der Waals surface area contributed by atoms with Crippen LogP contribution in [0.3, 0.4) is 0 Å². The second-order valence-corrected chi connectivity index (χ2v) is 3.69. The predicted octanol–water partition coefficient (Wildman–Crippen LogP) is 1.49. The van der Waals surface area contributed by atoms with Crippen molar-refractivity contribution >= 4 is 11.6 Å². The molecule has 76 valence electrons. The molecule has 2 nitrogen and oxygen atoms in total. The molecule has 1 rings (SSSR count). The topological polar surface area (TPSA) is 32.3 Å². The lowest BCUT2D eigenvalue weighted by atomic mass is 10.1. The van der Waals surface area contributed by atoms with Crippen LogP contribution >= 0.6 is 11.6 Å². The molecule has 0 aliphatic carbocycles. The van der Waals surface area contributed by atoms with Crippen molar-refractivity contribution in [2.24, 2.45) is 0 Å². The van der Waals surface area contributed by atoms with Gasteiger partial charge in [0.05, 0.1) is 6.10 Å². The number of halogens is 3. The van der Waals surface area contributed by atoms with Gasteiger partial charge in [0.2, 0.25) is 0 Å². The maximum atomic E-state index is 12.2. The van der Waals surface area contributed by atoms with E-state index in [0.717, 1.165) is 5.57 Å². The highest BCUT2D eigenvalue weighted by Gasteiger charge is 2.24. The van der Waals surface area contributed by atoms with Crippen LogP contribution in [0.25, 0.3) is 0 Å². The quantitative estimate of drug-likeness (QED) is 0.548. The number of hydrogen-bond acceptors (Lipinski definition) is 2. The first-order chi connectivity index (χ1) is 5.97. The van der Waals surface area contributed by atoms with Gasteiger partial charge >= 0.3 is 5.38 Å². The molecule has 0 fully saturated rings. The van der Waals surface area contributed by atoms with Crippen LogP contribution in [0, 0.1) is 0 Å². The van der Waals surface area contributed by atoms with Crippen molar-refractivity contribution in [2.75, 3.05) is 13.1 Å². The van der Waals surface area contributed by atoms with Gasteiger partial charge in [-0.2, -0.15) is 8.78 Å². The van der Waals surface area contributed by atoms with Crippen LogP contribution in [0.5, 0.6) is 0 Å². The Morgan fingerprint density at radius 2 is 2.38 bits per heavy atom. The fraction of sp³-hybridized carbons (Fsp3) is 0.750. The molecule has 5 heteroatoms. The van der Waals surface area contributed by atoms with Gasteiger partial charge in [0.15, 0.2) is 0 Å². The molecule has 0 aromatic carbocycles. The van der Waals surface area contributed by atoms with Gasteiger partial charge in [-0.1, -0.05) is 11.6 Å². The minimum atomic E-state index is -3.14. The molecule has 1 aliphatic rings. The Bertz CT molecular complexity index is 203. The molecule has 0 bridgehead atoms. The summed E-state index contributed by atoms with van der Waals surface area (Å²) in [4.78, 5) is 0. The minimum absolute atomic E-state index is 0.223. The lowest BCUT2D eigenvalue weighted by Gasteiger charge is -2.19. The van der Waals surface area contributed by atoms with E-state index in [2.05, 4.69) is 5.32 Å². The first-order valence-electron chi connectivity index (χ1n) is 4.12. The molecule has 1 unspecified atom stereocenters. The van der Waals surface area contributed by atoms with Crippen LogP contribution in [-0.2, 0) is 0 Å². The first-order valence-corrected chi connectivity index (χ1v) is 4.50. The summed E-state index contributed by atoms with van der Waals surface area (Å²) >= 11 is 4.75. The summed E-state index contributed by atoms with van der Waals surface area (Å²) in [5.74, 6) is 0. The molecule has 13 heavy (non-hydrogen) atoms. The molecule has 1 atom stereocenters. The number of β-amino-alcohol motifs (C(OH)–C–C–N with tert-alkyl or cyclic N) is 1. The molecule has 2 N–H and O–H groups in total. The van der Waals surface area contributed by atoms with Crippen molar-refractivity contribution in [2.45, 2.75) is 24.3 Å². The predicted molar refractivity (Wildman–Crippen MR) is 47.0 cm³/mol. The summed E-state index contributed by atoms with van der Waals surface area (Å²) in [6.07, 6.45) is 0.891. The van der Waals surface area contributed by atoms with Crippen LogP contribution in [0.1, 0.15) is 12.8 Å². The monoisotopic (exact) mass is 211 g/mol. The van der Waals surface area contributed by atoms with Crippen LogP contribution in [0.2, 0.25) is 0 Å². The maximum absolute atomic E-state index is 12.2. The zero-order chi connectivity index (χ0) is 9.90.